The first kappa shape index (κ1) is 10.4. The van der Waals surface area contributed by atoms with Crippen LogP contribution < -0.4 is 0 Å². The molecular formula is C8H17BO2S. The standard InChI is InChI=1S/C8H17BO2S/c1-3-10-9(11-4-2)8-5-6-12-7-8/h8H,3-7H2,1-2H3/t8-/m1/s1. The summed E-state index contributed by atoms with van der Waals surface area (Å²) in [6.07, 6.45) is 1.25. The van der Waals surface area contributed by atoms with Crippen molar-refractivity contribution in [1.82, 2.24) is 0 Å². The Morgan fingerprint density at radius 2 is 2.00 bits per heavy atom. The van der Waals surface area contributed by atoms with E-state index in [0.29, 0.717) is 5.82 Å². The van der Waals surface area contributed by atoms with Crippen LogP contribution in [0.3, 0.4) is 0 Å². The van der Waals surface area contributed by atoms with E-state index < -0.39 is 0 Å². The molecule has 1 saturated heterocycles. The molecule has 1 atom stereocenters. The molecule has 1 rings (SSSR count). The average Bonchev–Trinajstić information content (AvgIpc) is 2.56. The molecule has 1 aliphatic rings. The normalized spacial score (nSPS) is 23.0. The van der Waals surface area contributed by atoms with E-state index in [1.165, 1.54) is 17.9 Å². The number of hydrogen-bond acceptors (Lipinski definition) is 3. The zero-order valence-electron chi connectivity index (χ0n) is 7.91. The van der Waals surface area contributed by atoms with Crippen molar-refractivity contribution in [2.75, 3.05) is 24.7 Å². The second-order valence-electron chi connectivity index (χ2n) is 2.90. The van der Waals surface area contributed by atoms with Crippen LogP contribution in [0.1, 0.15) is 20.3 Å². The van der Waals surface area contributed by atoms with Crippen LogP contribution in [0.4, 0.5) is 0 Å². The fourth-order valence-corrected chi connectivity index (χ4v) is 2.68. The van der Waals surface area contributed by atoms with Gasteiger partial charge in [0.1, 0.15) is 0 Å². The average molecular weight is 188 g/mol. The first-order chi connectivity index (χ1) is 5.88. The molecule has 4 heteroatoms. The van der Waals surface area contributed by atoms with Crippen molar-refractivity contribution >= 4 is 18.9 Å². The first-order valence-corrected chi connectivity index (χ1v) is 5.84. The molecule has 0 saturated carbocycles. The van der Waals surface area contributed by atoms with Gasteiger partial charge in [0.25, 0.3) is 0 Å². The molecule has 0 bridgehead atoms. The van der Waals surface area contributed by atoms with Crippen LogP contribution in [0.5, 0.6) is 0 Å². The molecule has 0 aromatic carbocycles. The summed E-state index contributed by atoms with van der Waals surface area (Å²) in [5.74, 6) is 3.08. The summed E-state index contributed by atoms with van der Waals surface area (Å²) < 4.78 is 11.1. The van der Waals surface area contributed by atoms with Crippen LogP contribution >= 0.6 is 11.8 Å². The van der Waals surface area contributed by atoms with Crippen molar-refractivity contribution in [1.29, 1.82) is 0 Å². The van der Waals surface area contributed by atoms with Crippen molar-refractivity contribution < 1.29 is 9.31 Å². The topological polar surface area (TPSA) is 18.5 Å². The monoisotopic (exact) mass is 188 g/mol. The van der Waals surface area contributed by atoms with Gasteiger partial charge in [0.2, 0.25) is 0 Å². The van der Waals surface area contributed by atoms with Crippen molar-refractivity contribution in [2.24, 2.45) is 0 Å². The summed E-state index contributed by atoms with van der Waals surface area (Å²) in [4.78, 5) is 0. The van der Waals surface area contributed by atoms with E-state index in [-0.39, 0.29) is 7.12 Å². The van der Waals surface area contributed by atoms with E-state index >= 15 is 0 Å². The summed E-state index contributed by atoms with van der Waals surface area (Å²) in [6, 6.07) is 0. The maximum Gasteiger partial charge on any atom is 0.461 e. The van der Waals surface area contributed by atoms with Gasteiger partial charge in [-0.25, -0.2) is 0 Å². The third kappa shape index (κ3) is 3.00. The van der Waals surface area contributed by atoms with Gasteiger partial charge in [-0.2, -0.15) is 11.8 Å². The van der Waals surface area contributed by atoms with Crippen LogP contribution in [0, 0.1) is 0 Å². The first-order valence-electron chi connectivity index (χ1n) is 4.69. The van der Waals surface area contributed by atoms with Crippen molar-refractivity contribution in [3.63, 3.8) is 0 Å². The van der Waals surface area contributed by atoms with Gasteiger partial charge in [-0.05, 0) is 31.8 Å². The molecule has 0 aromatic heterocycles. The summed E-state index contributed by atoms with van der Waals surface area (Å²) >= 11 is 2.00. The number of rotatable bonds is 5. The zero-order chi connectivity index (χ0) is 8.81. The minimum absolute atomic E-state index is 0.0509. The van der Waals surface area contributed by atoms with Gasteiger partial charge >= 0.3 is 7.12 Å². The summed E-state index contributed by atoms with van der Waals surface area (Å²) in [6.45, 7) is 5.56. The fourth-order valence-electron chi connectivity index (χ4n) is 1.42. The summed E-state index contributed by atoms with van der Waals surface area (Å²) in [5.41, 5.74) is 0. The lowest BCUT2D eigenvalue weighted by Crippen LogP contribution is -2.29. The number of hydrogen-bond donors (Lipinski definition) is 0. The minimum Gasteiger partial charge on any atom is -0.411 e. The molecule has 0 N–H and O–H groups in total. The van der Waals surface area contributed by atoms with Gasteiger partial charge in [0.05, 0.1) is 0 Å². The van der Waals surface area contributed by atoms with Gasteiger partial charge in [-0.3, -0.25) is 0 Å². The maximum absolute atomic E-state index is 5.53. The molecule has 1 aliphatic heterocycles. The summed E-state index contributed by atoms with van der Waals surface area (Å²) in [5, 5.41) is 0. The molecule has 0 radical (unpaired) electrons. The van der Waals surface area contributed by atoms with Gasteiger partial charge in [0.15, 0.2) is 0 Å². The van der Waals surface area contributed by atoms with Crippen molar-refractivity contribution in [2.45, 2.75) is 26.1 Å². The third-order valence-corrected chi connectivity index (χ3v) is 3.20. The molecule has 0 unspecified atom stereocenters. The minimum atomic E-state index is 0.0509. The van der Waals surface area contributed by atoms with E-state index in [1.54, 1.807) is 0 Å². The Bertz CT molecular complexity index is 112. The van der Waals surface area contributed by atoms with Crippen LogP contribution in [-0.2, 0) is 9.31 Å². The van der Waals surface area contributed by atoms with Gasteiger partial charge < -0.3 is 9.31 Å². The Labute approximate surface area is 79.5 Å². The molecule has 70 valence electrons. The summed E-state index contributed by atoms with van der Waals surface area (Å²) in [7, 11) is 0.0509. The molecule has 12 heavy (non-hydrogen) atoms. The third-order valence-electron chi connectivity index (χ3n) is 2.01. The highest BCUT2D eigenvalue weighted by molar-refractivity contribution is 7.99. The van der Waals surface area contributed by atoms with Crippen LogP contribution in [0.15, 0.2) is 0 Å². The van der Waals surface area contributed by atoms with E-state index in [4.69, 9.17) is 9.31 Å². The van der Waals surface area contributed by atoms with E-state index in [0.717, 1.165) is 13.2 Å². The van der Waals surface area contributed by atoms with Gasteiger partial charge in [0, 0.05) is 19.0 Å². The Morgan fingerprint density at radius 1 is 1.33 bits per heavy atom. The van der Waals surface area contributed by atoms with Crippen molar-refractivity contribution in [3.05, 3.63) is 0 Å². The SMILES string of the molecule is CCOB(OCC)[C@@H]1CCSC1. The lowest BCUT2D eigenvalue weighted by molar-refractivity contribution is 0.206. The Morgan fingerprint density at radius 3 is 2.42 bits per heavy atom. The largest absolute Gasteiger partial charge is 0.461 e. The van der Waals surface area contributed by atoms with Gasteiger partial charge in [-0.1, -0.05) is 0 Å². The molecule has 0 aromatic rings. The zero-order valence-corrected chi connectivity index (χ0v) is 8.73. The molecule has 0 aliphatic carbocycles. The second kappa shape index (κ2) is 5.89. The molecule has 2 nitrogen and oxygen atoms in total. The van der Waals surface area contributed by atoms with E-state index in [1.807, 2.05) is 25.6 Å². The Balaban J connectivity index is 2.29. The molecule has 0 spiro atoms. The van der Waals surface area contributed by atoms with E-state index in [2.05, 4.69) is 0 Å². The Hall–Kier alpha value is 0.335. The lowest BCUT2D eigenvalue weighted by atomic mass is 9.71. The maximum atomic E-state index is 5.53. The lowest BCUT2D eigenvalue weighted by Gasteiger charge is -2.17. The highest BCUT2D eigenvalue weighted by atomic mass is 32.2. The smallest absolute Gasteiger partial charge is 0.411 e. The van der Waals surface area contributed by atoms with Crippen LogP contribution in [0.25, 0.3) is 0 Å². The highest BCUT2D eigenvalue weighted by Gasteiger charge is 2.32. The van der Waals surface area contributed by atoms with Crippen molar-refractivity contribution in [3.8, 4) is 0 Å². The fraction of sp³-hybridized carbons (Fsp3) is 1.00. The van der Waals surface area contributed by atoms with Crippen LogP contribution in [-0.4, -0.2) is 31.8 Å². The highest BCUT2D eigenvalue weighted by Crippen LogP contribution is 2.31. The molecule has 1 fully saturated rings. The quantitative estimate of drug-likeness (QED) is 0.615. The molecular weight excluding hydrogens is 171 g/mol. The predicted octanol–water partition coefficient (Wildman–Crippen LogP) is 2.05. The van der Waals surface area contributed by atoms with E-state index in [9.17, 15) is 0 Å². The van der Waals surface area contributed by atoms with Crippen LogP contribution in [0.2, 0.25) is 5.82 Å². The molecule has 0 amide bonds. The number of thioether (sulfide) groups is 1. The van der Waals surface area contributed by atoms with Gasteiger partial charge in [-0.15, -0.1) is 0 Å². The second-order valence-corrected chi connectivity index (χ2v) is 4.05. The Kier molecular flexibility index (Phi) is 5.11. The molecule has 1 heterocycles. The predicted molar refractivity (Wildman–Crippen MR) is 54.7 cm³/mol.